The number of rotatable bonds is 18. The number of hydrogen-bond donors (Lipinski definition) is 8. The molecule has 0 radical (unpaired) electrons. The highest BCUT2D eigenvalue weighted by atomic mass is 16.4. The first-order valence-corrected chi connectivity index (χ1v) is 14.4. The van der Waals surface area contributed by atoms with Crippen LogP contribution in [0.3, 0.4) is 0 Å². The molecule has 248 valence electrons. The van der Waals surface area contributed by atoms with Gasteiger partial charge in [-0.1, -0.05) is 13.8 Å². The Bertz CT molecular complexity index is 1100. The van der Waals surface area contributed by atoms with Gasteiger partial charge in [0.15, 0.2) is 0 Å². The molecule has 1 saturated heterocycles. The highest BCUT2D eigenvalue weighted by molar-refractivity contribution is 5.96. The molecule has 6 atom stereocenters. The summed E-state index contributed by atoms with van der Waals surface area (Å²) in [5.41, 5.74) is 5.59. The van der Waals surface area contributed by atoms with Crippen molar-refractivity contribution in [2.45, 2.75) is 109 Å². The third-order valence-corrected chi connectivity index (χ3v) is 6.86. The van der Waals surface area contributed by atoms with Gasteiger partial charge in [0.05, 0.1) is 6.04 Å². The molecule has 17 nitrogen and oxygen atoms in total. The van der Waals surface area contributed by atoms with Gasteiger partial charge in [-0.2, -0.15) is 0 Å². The first-order valence-electron chi connectivity index (χ1n) is 14.4. The molecular formula is C27H44N6O11. The van der Waals surface area contributed by atoms with E-state index in [0.717, 1.165) is 4.90 Å². The van der Waals surface area contributed by atoms with Crippen LogP contribution in [0.25, 0.3) is 0 Å². The lowest BCUT2D eigenvalue weighted by Crippen LogP contribution is -2.59. The van der Waals surface area contributed by atoms with Crippen molar-refractivity contribution >= 4 is 47.4 Å². The first-order chi connectivity index (χ1) is 20.4. The summed E-state index contributed by atoms with van der Waals surface area (Å²) in [6.07, 6.45) is -1.15. The average molecular weight is 629 g/mol. The van der Waals surface area contributed by atoms with E-state index in [2.05, 4.69) is 21.3 Å². The maximum Gasteiger partial charge on any atom is 0.325 e. The van der Waals surface area contributed by atoms with Crippen LogP contribution in [0.1, 0.15) is 72.6 Å². The van der Waals surface area contributed by atoms with Gasteiger partial charge in [0, 0.05) is 19.4 Å². The molecule has 44 heavy (non-hydrogen) atoms. The van der Waals surface area contributed by atoms with Crippen LogP contribution in [-0.4, -0.2) is 110 Å². The quantitative estimate of drug-likeness (QED) is 0.0830. The third-order valence-electron chi connectivity index (χ3n) is 6.86. The van der Waals surface area contributed by atoms with Crippen molar-refractivity contribution in [1.29, 1.82) is 0 Å². The molecule has 17 heteroatoms. The van der Waals surface area contributed by atoms with Gasteiger partial charge in [0.2, 0.25) is 29.5 Å². The van der Waals surface area contributed by atoms with Crippen LogP contribution < -0.4 is 27.0 Å². The maximum absolute atomic E-state index is 13.5. The molecule has 5 amide bonds. The zero-order valence-electron chi connectivity index (χ0n) is 25.3. The van der Waals surface area contributed by atoms with Crippen LogP contribution >= 0.6 is 0 Å². The molecule has 0 aromatic carbocycles. The van der Waals surface area contributed by atoms with Gasteiger partial charge in [-0.05, 0) is 51.9 Å². The van der Waals surface area contributed by atoms with Gasteiger partial charge < -0.3 is 47.2 Å². The molecule has 0 aromatic heterocycles. The minimum absolute atomic E-state index is 0.0764. The summed E-state index contributed by atoms with van der Waals surface area (Å²) in [5, 5.41) is 37.2. The summed E-state index contributed by atoms with van der Waals surface area (Å²) < 4.78 is 0. The van der Waals surface area contributed by atoms with Gasteiger partial charge in [-0.3, -0.25) is 38.4 Å². The molecule has 0 aliphatic carbocycles. The Balaban J connectivity index is 3.23. The second-order valence-electron chi connectivity index (χ2n) is 11.2. The fourth-order valence-electron chi connectivity index (χ4n) is 4.49. The Morgan fingerprint density at radius 3 is 1.75 bits per heavy atom. The van der Waals surface area contributed by atoms with Crippen molar-refractivity contribution in [3.05, 3.63) is 0 Å². The Hall–Kier alpha value is -4.28. The summed E-state index contributed by atoms with van der Waals surface area (Å²) in [5.74, 6) is -7.85. The van der Waals surface area contributed by atoms with Crippen molar-refractivity contribution < 1.29 is 53.7 Å². The number of carbonyl (C=O) groups is 8. The smallest absolute Gasteiger partial charge is 0.325 e. The van der Waals surface area contributed by atoms with Crippen LogP contribution in [0.5, 0.6) is 0 Å². The predicted molar refractivity (Wildman–Crippen MR) is 153 cm³/mol. The van der Waals surface area contributed by atoms with Crippen LogP contribution in [0.2, 0.25) is 0 Å². The van der Waals surface area contributed by atoms with Gasteiger partial charge in [-0.15, -0.1) is 0 Å². The van der Waals surface area contributed by atoms with E-state index in [1.807, 2.05) is 0 Å². The summed E-state index contributed by atoms with van der Waals surface area (Å²) in [4.78, 5) is 99.9. The van der Waals surface area contributed by atoms with E-state index in [-0.39, 0.29) is 25.3 Å². The van der Waals surface area contributed by atoms with E-state index >= 15 is 0 Å². The predicted octanol–water partition coefficient (Wildman–Crippen LogP) is -1.86. The molecule has 1 heterocycles. The minimum Gasteiger partial charge on any atom is -0.481 e. The van der Waals surface area contributed by atoms with Gasteiger partial charge >= 0.3 is 17.9 Å². The number of aliphatic carboxylic acids is 3. The largest absolute Gasteiger partial charge is 0.481 e. The molecule has 0 bridgehead atoms. The zero-order chi connectivity index (χ0) is 33.7. The second kappa shape index (κ2) is 17.7. The van der Waals surface area contributed by atoms with E-state index in [1.165, 1.54) is 13.8 Å². The van der Waals surface area contributed by atoms with Crippen LogP contribution in [0.15, 0.2) is 0 Å². The molecule has 1 aliphatic heterocycles. The number of carbonyl (C=O) groups excluding carboxylic acids is 5. The molecule has 1 aliphatic rings. The van der Waals surface area contributed by atoms with E-state index < -0.39 is 109 Å². The molecule has 0 aromatic rings. The van der Waals surface area contributed by atoms with E-state index in [9.17, 15) is 48.6 Å². The zero-order valence-corrected chi connectivity index (χ0v) is 25.3. The molecule has 9 N–H and O–H groups in total. The number of hydrogen-bond acceptors (Lipinski definition) is 9. The van der Waals surface area contributed by atoms with Gasteiger partial charge in [0.1, 0.15) is 30.2 Å². The van der Waals surface area contributed by atoms with Crippen molar-refractivity contribution in [2.75, 3.05) is 6.54 Å². The number of amides is 5. The number of carboxylic acids is 3. The van der Waals surface area contributed by atoms with Crippen molar-refractivity contribution in [2.24, 2.45) is 11.7 Å². The van der Waals surface area contributed by atoms with E-state index in [0.29, 0.717) is 6.42 Å². The second-order valence-corrected chi connectivity index (χ2v) is 11.2. The molecule has 0 spiro atoms. The lowest BCUT2D eigenvalue weighted by Gasteiger charge is -2.30. The SMILES string of the molecule is CC(C)C[C@H](NC(=O)[C@H](C)N)C(=O)N[C@@H](CCC(=O)O)C(=O)N[C@@H](CCC(=O)O)C(=O)N1CCC[C@@H]1C(=O)N[C@@H](C)C(=O)O. The number of carboxylic acid groups (broad SMARTS) is 3. The summed E-state index contributed by atoms with van der Waals surface area (Å²) >= 11 is 0. The Morgan fingerprint density at radius 2 is 1.25 bits per heavy atom. The van der Waals surface area contributed by atoms with Crippen LogP contribution in [0, 0.1) is 5.92 Å². The summed E-state index contributed by atoms with van der Waals surface area (Å²) in [7, 11) is 0. The Labute approximate surface area is 254 Å². The average Bonchev–Trinajstić information content (AvgIpc) is 3.41. The van der Waals surface area contributed by atoms with E-state index in [4.69, 9.17) is 10.8 Å². The Morgan fingerprint density at radius 1 is 0.750 bits per heavy atom. The summed E-state index contributed by atoms with van der Waals surface area (Å²) in [6, 6.07) is -7.32. The number of nitrogens with two attached hydrogens (primary N) is 1. The fraction of sp³-hybridized carbons (Fsp3) is 0.704. The van der Waals surface area contributed by atoms with E-state index in [1.54, 1.807) is 13.8 Å². The van der Waals surface area contributed by atoms with Crippen molar-refractivity contribution in [3.8, 4) is 0 Å². The maximum atomic E-state index is 13.5. The lowest BCUT2D eigenvalue weighted by atomic mass is 10.0. The monoisotopic (exact) mass is 628 g/mol. The van der Waals surface area contributed by atoms with Crippen molar-refractivity contribution in [3.63, 3.8) is 0 Å². The minimum atomic E-state index is -1.49. The lowest BCUT2D eigenvalue weighted by molar-refractivity contribution is -0.145. The number of nitrogens with one attached hydrogen (secondary N) is 4. The summed E-state index contributed by atoms with van der Waals surface area (Å²) in [6.45, 7) is 6.32. The normalized spacial score (nSPS) is 17.9. The van der Waals surface area contributed by atoms with Gasteiger partial charge in [-0.25, -0.2) is 0 Å². The van der Waals surface area contributed by atoms with Crippen LogP contribution in [-0.2, 0) is 38.4 Å². The van der Waals surface area contributed by atoms with Crippen LogP contribution in [0.4, 0.5) is 0 Å². The molecule has 0 unspecified atom stereocenters. The standard InChI is InChI=1S/C27H44N6O11/c1-13(2)12-18(32-22(38)14(3)28)24(40)30-16(7-9-20(34)35)23(39)31-17(8-10-21(36)37)26(42)33-11-5-6-19(33)25(41)29-15(4)27(43)44/h13-19H,5-12,28H2,1-4H3,(H,29,41)(H,30,40)(H,31,39)(H,32,38)(H,34,35)(H,36,37)(H,43,44)/t14-,15-,16-,17-,18-,19+/m0/s1. The highest BCUT2D eigenvalue weighted by Crippen LogP contribution is 2.20. The molecule has 0 saturated carbocycles. The topological polar surface area (TPSA) is 275 Å². The number of nitrogens with zero attached hydrogens (tertiary/aromatic N) is 1. The number of likely N-dealkylation sites (tertiary alicyclic amines) is 1. The molecular weight excluding hydrogens is 584 g/mol. The van der Waals surface area contributed by atoms with Gasteiger partial charge in [0.25, 0.3) is 0 Å². The molecule has 1 rings (SSSR count). The third kappa shape index (κ3) is 12.5. The first kappa shape index (κ1) is 37.7. The fourth-order valence-corrected chi connectivity index (χ4v) is 4.49. The van der Waals surface area contributed by atoms with Crippen molar-refractivity contribution in [1.82, 2.24) is 26.2 Å². The Kier molecular flexibility index (Phi) is 15.2. The molecule has 1 fully saturated rings. The highest BCUT2D eigenvalue weighted by Gasteiger charge is 2.39.